The van der Waals surface area contributed by atoms with E-state index in [0.717, 1.165) is 59.8 Å². The van der Waals surface area contributed by atoms with E-state index in [2.05, 4.69) is 83.3 Å². The molecule has 0 aromatic heterocycles. The van der Waals surface area contributed by atoms with E-state index >= 15 is 0 Å². The first-order valence-corrected chi connectivity index (χ1v) is 39.7. The van der Waals surface area contributed by atoms with Gasteiger partial charge >= 0.3 is 17.6 Å². The molecule has 0 spiro atoms. The van der Waals surface area contributed by atoms with E-state index in [1.54, 1.807) is 0 Å². The quantitative estimate of drug-likeness (QED) is 0.0353. The molecule has 2 aliphatic rings. The van der Waals surface area contributed by atoms with Crippen LogP contribution in [0, 0.1) is 0 Å². The van der Waals surface area contributed by atoms with Crippen molar-refractivity contribution in [2.24, 2.45) is 0 Å². The van der Waals surface area contributed by atoms with Gasteiger partial charge in [-0.3, -0.25) is 0 Å². The lowest BCUT2D eigenvalue weighted by molar-refractivity contribution is -0.910. The number of nitrogens with zero attached hydrogens (tertiary/aromatic N) is 2. The summed E-state index contributed by atoms with van der Waals surface area (Å²) in [6, 6.07) is 1.54. The maximum absolute atomic E-state index is 11.5. The summed E-state index contributed by atoms with van der Waals surface area (Å²) in [5.41, 5.74) is -5.69. The molecule has 2 aliphatic heterocycles. The van der Waals surface area contributed by atoms with E-state index in [0.29, 0.717) is 0 Å². The summed E-state index contributed by atoms with van der Waals surface area (Å²) in [5.74, 6) is 0. The third kappa shape index (κ3) is 28.4. The van der Waals surface area contributed by atoms with Crippen molar-refractivity contribution in [1.82, 2.24) is 0 Å². The number of hydrogen-bond donors (Lipinski definition) is 2. The fourth-order valence-electron chi connectivity index (χ4n) is 12.7. The molecule has 12 heteroatoms. The Morgan fingerprint density at radius 1 is 0.325 bits per heavy atom. The molecule has 0 aromatic carbocycles. The molecule has 2 N–H and O–H groups in total. The standard InChI is InChI=1S/C71H148N2O8Si2/c1-21-24-27-30-33-39-44-49-56-72(19,60-53-62-82(76-66(8,9)64(4,5)74)78-68(12,13)69(14,15)79-82)57-52-47-42-37-36-38-43-48-55-71(18)70(16,17)80-83(81-71,77-67(10,11)65(6,7)75)63-54-61-73(20,58-50-45-40-34-31-28-25-22-2)59-51-46-41-35-32-29-26-23-3/h74-75H,21-63H2,1-20H3/q+2. The second-order valence-corrected chi connectivity index (χ2v) is 36.6. The van der Waals surface area contributed by atoms with E-state index in [4.69, 9.17) is 26.6 Å². The summed E-state index contributed by atoms with van der Waals surface area (Å²) in [4.78, 5) is 0. The minimum Gasteiger partial charge on any atom is -0.388 e. The Bertz CT molecular complexity index is 1660. The number of unbranched alkanes of at least 4 members (excludes halogenated alkanes) is 28. The highest BCUT2D eigenvalue weighted by molar-refractivity contribution is 6.62. The number of aliphatic hydroxyl groups is 2. The second-order valence-electron chi connectivity index (χ2n) is 31.7. The van der Waals surface area contributed by atoms with Gasteiger partial charge in [0.25, 0.3) is 0 Å². The van der Waals surface area contributed by atoms with Crippen molar-refractivity contribution >= 4 is 17.6 Å². The highest BCUT2D eigenvalue weighted by atomic mass is 28.4. The number of hydrogen-bond acceptors (Lipinski definition) is 8. The van der Waals surface area contributed by atoms with Crippen LogP contribution in [-0.2, 0) is 26.6 Å². The lowest BCUT2D eigenvalue weighted by atomic mass is 9.83. The summed E-state index contributed by atoms with van der Waals surface area (Å²) < 4.78 is 44.7. The Balaban J connectivity index is 2.05. The van der Waals surface area contributed by atoms with Crippen LogP contribution >= 0.6 is 0 Å². The van der Waals surface area contributed by atoms with Crippen LogP contribution < -0.4 is 0 Å². The van der Waals surface area contributed by atoms with Crippen molar-refractivity contribution in [2.45, 2.75) is 406 Å². The van der Waals surface area contributed by atoms with Crippen molar-refractivity contribution < 1.29 is 45.7 Å². The van der Waals surface area contributed by atoms with Crippen molar-refractivity contribution in [3.63, 3.8) is 0 Å². The van der Waals surface area contributed by atoms with Gasteiger partial charge in [0.15, 0.2) is 0 Å². The van der Waals surface area contributed by atoms with Gasteiger partial charge in [0.2, 0.25) is 0 Å². The van der Waals surface area contributed by atoms with Crippen molar-refractivity contribution in [3.8, 4) is 0 Å². The average Bonchev–Trinajstić information content (AvgIpc) is 2.66. The SMILES string of the molecule is CCCCCCCCCC[N+](C)(CCCCCCCCCCC1(C)O[Si](CCC[N+](C)(CCCCCCCCCC)CCCCCCCCCC)(OC(C)(C)C(C)(C)O)OC1(C)C)CCC[Si]1(OC(C)(C)C(C)(C)O)OC(C)(C)C(C)(C)O1. The Morgan fingerprint density at radius 2 is 0.554 bits per heavy atom. The van der Waals surface area contributed by atoms with Gasteiger partial charge in [0.05, 0.1) is 98.2 Å². The Labute approximate surface area is 520 Å². The lowest BCUT2D eigenvalue weighted by Gasteiger charge is -2.42. The average molecular weight is 1210 g/mol. The minimum atomic E-state index is -3.23. The van der Waals surface area contributed by atoms with Crippen LogP contribution in [0.3, 0.4) is 0 Å². The van der Waals surface area contributed by atoms with Gasteiger partial charge in [0, 0.05) is 24.9 Å². The molecule has 10 nitrogen and oxygen atoms in total. The first kappa shape index (κ1) is 79.1. The van der Waals surface area contributed by atoms with Gasteiger partial charge in [-0.25, -0.2) is 0 Å². The van der Waals surface area contributed by atoms with Crippen LogP contribution in [0.2, 0.25) is 12.1 Å². The summed E-state index contributed by atoms with van der Waals surface area (Å²) in [7, 11) is -1.34. The molecule has 0 bridgehead atoms. The van der Waals surface area contributed by atoms with Crippen molar-refractivity contribution in [3.05, 3.63) is 0 Å². The summed E-state index contributed by atoms with van der Waals surface area (Å²) in [5, 5.41) is 22.6. The normalized spacial score (nSPS) is 21.8. The largest absolute Gasteiger partial charge is 0.502 e. The van der Waals surface area contributed by atoms with Gasteiger partial charge in [-0.2, -0.15) is 0 Å². The van der Waals surface area contributed by atoms with E-state index in [-0.39, 0.29) is 0 Å². The summed E-state index contributed by atoms with van der Waals surface area (Å²) in [6.45, 7) is 44.7. The third-order valence-electron chi connectivity index (χ3n) is 21.2. The van der Waals surface area contributed by atoms with E-state index in [1.165, 1.54) is 225 Å². The zero-order valence-corrected chi connectivity index (χ0v) is 61.6. The van der Waals surface area contributed by atoms with E-state index in [1.807, 2.05) is 55.4 Å². The van der Waals surface area contributed by atoms with Gasteiger partial charge in [-0.1, -0.05) is 175 Å². The molecule has 2 rings (SSSR count). The zero-order valence-electron chi connectivity index (χ0n) is 59.6. The van der Waals surface area contributed by atoms with Crippen molar-refractivity contribution in [1.29, 1.82) is 0 Å². The monoisotopic (exact) mass is 1210 g/mol. The van der Waals surface area contributed by atoms with Crippen molar-refractivity contribution in [2.75, 3.05) is 53.4 Å². The summed E-state index contributed by atoms with van der Waals surface area (Å²) >= 11 is 0. The Morgan fingerprint density at radius 3 is 0.831 bits per heavy atom. The van der Waals surface area contributed by atoms with E-state index in [9.17, 15) is 10.2 Å². The Hall–Kier alpha value is 0.0338. The van der Waals surface area contributed by atoms with Gasteiger partial charge in [-0.15, -0.1) is 0 Å². The van der Waals surface area contributed by atoms with Crippen LogP contribution in [0.1, 0.15) is 349 Å². The van der Waals surface area contributed by atoms with Crippen LogP contribution in [0.5, 0.6) is 0 Å². The Kier molecular flexibility index (Phi) is 35.1. The third-order valence-corrected chi connectivity index (χ3v) is 28.0. The molecule has 2 fully saturated rings. The van der Waals surface area contributed by atoms with Crippen LogP contribution in [0.4, 0.5) is 0 Å². The lowest BCUT2D eigenvalue weighted by Crippen LogP contribution is -2.57. The van der Waals surface area contributed by atoms with E-state index < -0.39 is 62.4 Å². The molecular weight excluding hydrogens is 1060 g/mol. The second kappa shape index (κ2) is 36.8. The maximum atomic E-state index is 11.5. The molecule has 0 aromatic rings. The molecule has 3 atom stereocenters. The first-order chi connectivity index (χ1) is 38.5. The molecule has 0 amide bonds. The van der Waals surface area contributed by atoms with Gasteiger partial charge < -0.3 is 45.7 Å². The molecule has 2 saturated heterocycles. The van der Waals surface area contributed by atoms with Gasteiger partial charge in [0.1, 0.15) is 0 Å². The molecule has 83 heavy (non-hydrogen) atoms. The number of rotatable bonds is 52. The topological polar surface area (TPSA) is 95.8 Å². The highest BCUT2D eigenvalue weighted by Crippen LogP contribution is 2.50. The first-order valence-electron chi connectivity index (χ1n) is 35.9. The molecule has 0 saturated carbocycles. The predicted octanol–water partition coefficient (Wildman–Crippen LogP) is 19.8. The summed E-state index contributed by atoms with van der Waals surface area (Å²) in [6.07, 6.45) is 45.3. The van der Waals surface area contributed by atoms with Crippen LogP contribution in [-0.4, -0.2) is 135 Å². The minimum absolute atomic E-state index is 0.464. The predicted molar refractivity (Wildman–Crippen MR) is 359 cm³/mol. The highest BCUT2D eigenvalue weighted by Gasteiger charge is 2.66. The van der Waals surface area contributed by atoms with Gasteiger partial charge in [-0.05, 0) is 162 Å². The van der Waals surface area contributed by atoms with Crippen LogP contribution in [0.25, 0.3) is 0 Å². The molecule has 0 radical (unpaired) electrons. The molecule has 496 valence electrons. The smallest absolute Gasteiger partial charge is 0.388 e. The fourth-order valence-corrected chi connectivity index (χ4v) is 20.9. The molecule has 3 unspecified atom stereocenters. The zero-order chi connectivity index (χ0) is 62.6. The molecular formula is C71H148N2O8Si2+2. The van der Waals surface area contributed by atoms with Crippen LogP contribution in [0.15, 0.2) is 0 Å². The maximum Gasteiger partial charge on any atom is 0.502 e. The molecule has 0 aliphatic carbocycles. The molecule has 2 heterocycles. The fraction of sp³-hybridized carbons (Fsp3) is 1.00. The number of quaternary nitrogens is 2.